The molecule has 180 valence electrons. The molecule has 0 saturated carbocycles. The molecule has 0 bridgehead atoms. The Balaban J connectivity index is -0.000000712. The van der Waals surface area contributed by atoms with E-state index in [4.69, 9.17) is 31.5 Å². The van der Waals surface area contributed by atoms with Crippen molar-refractivity contribution in [1.29, 1.82) is 0 Å². The molecule has 0 aromatic carbocycles. The van der Waals surface area contributed by atoms with Gasteiger partial charge >= 0.3 is 7.82 Å². The van der Waals surface area contributed by atoms with Crippen molar-refractivity contribution < 1.29 is 29.1 Å². The van der Waals surface area contributed by atoms with Crippen LogP contribution in [0.4, 0.5) is 0 Å². The topological polar surface area (TPSA) is 159 Å². The summed E-state index contributed by atoms with van der Waals surface area (Å²) in [5.41, 5.74) is 9.56. The van der Waals surface area contributed by atoms with Crippen LogP contribution in [0, 0.1) is 0 Å². The second-order valence-corrected chi connectivity index (χ2v) is 8.18. The van der Waals surface area contributed by atoms with Crippen molar-refractivity contribution in [3.05, 3.63) is 0 Å². The van der Waals surface area contributed by atoms with E-state index < -0.39 is 7.82 Å². The molecular formula is C20H49N2O6P. The van der Waals surface area contributed by atoms with E-state index in [9.17, 15) is 4.57 Å². The van der Waals surface area contributed by atoms with Gasteiger partial charge in [0.2, 0.25) is 0 Å². The van der Waals surface area contributed by atoms with Gasteiger partial charge in [-0.15, -0.1) is 0 Å². The summed E-state index contributed by atoms with van der Waals surface area (Å²) in [6, 6.07) is 0. The molecule has 9 heteroatoms. The molecule has 0 fully saturated rings. The molecule has 0 radical (unpaired) electrons. The van der Waals surface area contributed by atoms with Crippen LogP contribution < -0.4 is 11.5 Å². The van der Waals surface area contributed by atoms with E-state index in [1.165, 1.54) is 70.6 Å². The average molecular weight is 445 g/mol. The Hall–Kier alpha value is -0.0500. The van der Waals surface area contributed by atoms with Gasteiger partial charge in [0.15, 0.2) is 0 Å². The van der Waals surface area contributed by atoms with Crippen LogP contribution in [0.15, 0.2) is 0 Å². The van der Waals surface area contributed by atoms with Gasteiger partial charge in [0.1, 0.15) is 0 Å². The quantitative estimate of drug-likeness (QED) is 0.138. The number of hydrogen-bond donors (Lipinski definition) is 6. The molecule has 0 aliphatic heterocycles. The first-order valence-electron chi connectivity index (χ1n) is 11.2. The zero-order chi connectivity index (χ0) is 22.6. The fourth-order valence-corrected chi connectivity index (χ4v) is 2.85. The van der Waals surface area contributed by atoms with Crippen molar-refractivity contribution in [3.63, 3.8) is 0 Å². The van der Waals surface area contributed by atoms with Crippen LogP contribution in [0.5, 0.6) is 0 Å². The standard InChI is InChI=1S/C16H35O4P.2C2H7NO/c1-2-3-4-5-6-7-8-9-10-11-12-13-14-15-16-20-21(17,18)19;2*3-1-2-4/h2-16H2,1H3,(H2,17,18,19);2*4H,1-3H2. The summed E-state index contributed by atoms with van der Waals surface area (Å²) in [4.78, 5) is 17.0. The number of aliphatic hydroxyl groups is 2. The first-order chi connectivity index (χ1) is 13.9. The Morgan fingerprint density at radius 2 is 0.931 bits per heavy atom. The fraction of sp³-hybridized carbons (Fsp3) is 1.00. The molecule has 0 rings (SSSR count). The molecule has 0 amide bonds. The number of rotatable bonds is 18. The van der Waals surface area contributed by atoms with Gasteiger partial charge in [0.05, 0.1) is 19.8 Å². The maximum absolute atomic E-state index is 10.4. The van der Waals surface area contributed by atoms with Crippen LogP contribution in [0.2, 0.25) is 0 Å². The van der Waals surface area contributed by atoms with E-state index in [1.807, 2.05) is 0 Å². The Bertz CT molecular complexity index is 311. The molecular weight excluding hydrogens is 395 g/mol. The highest BCUT2D eigenvalue weighted by Crippen LogP contribution is 2.35. The van der Waals surface area contributed by atoms with Crippen LogP contribution in [0.1, 0.15) is 96.8 Å². The Morgan fingerprint density at radius 3 is 1.17 bits per heavy atom. The summed E-state index contributed by atoms with van der Waals surface area (Å²) < 4.78 is 14.8. The summed E-state index contributed by atoms with van der Waals surface area (Å²) in [5.74, 6) is 0. The number of aliphatic hydroxyl groups excluding tert-OH is 2. The summed E-state index contributed by atoms with van der Waals surface area (Å²) in [7, 11) is -4.25. The van der Waals surface area contributed by atoms with Gasteiger partial charge in [-0.1, -0.05) is 90.4 Å². The van der Waals surface area contributed by atoms with Gasteiger partial charge in [-0.05, 0) is 6.42 Å². The molecule has 0 saturated heterocycles. The normalized spacial score (nSPS) is 10.7. The van der Waals surface area contributed by atoms with Gasteiger partial charge in [-0.25, -0.2) is 4.57 Å². The number of phosphoric ester groups is 1. The fourth-order valence-electron chi connectivity index (χ4n) is 2.48. The SMILES string of the molecule is CCCCCCCCCCCCCCCCOP(=O)(O)O.NCCO.NCCO. The highest BCUT2D eigenvalue weighted by atomic mass is 31.2. The highest BCUT2D eigenvalue weighted by molar-refractivity contribution is 7.46. The molecule has 0 aliphatic carbocycles. The minimum atomic E-state index is -4.25. The predicted molar refractivity (Wildman–Crippen MR) is 121 cm³/mol. The molecule has 8 nitrogen and oxygen atoms in total. The predicted octanol–water partition coefficient (Wildman–Crippen LogP) is 3.45. The van der Waals surface area contributed by atoms with Gasteiger partial charge in [-0.3, -0.25) is 4.52 Å². The smallest absolute Gasteiger partial charge is 0.395 e. The van der Waals surface area contributed by atoms with Crippen LogP contribution >= 0.6 is 7.82 Å². The second-order valence-electron chi connectivity index (χ2n) is 6.94. The van der Waals surface area contributed by atoms with Crippen LogP contribution in [0.25, 0.3) is 0 Å². The first-order valence-corrected chi connectivity index (χ1v) is 12.7. The molecule has 0 unspecified atom stereocenters. The number of nitrogens with two attached hydrogens (primary N) is 2. The van der Waals surface area contributed by atoms with E-state index in [2.05, 4.69) is 11.4 Å². The zero-order valence-electron chi connectivity index (χ0n) is 18.6. The van der Waals surface area contributed by atoms with Crippen molar-refractivity contribution in [1.82, 2.24) is 0 Å². The lowest BCUT2D eigenvalue weighted by atomic mass is 10.0. The van der Waals surface area contributed by atoms with Crippen LogP contribution in [-0.2, 0) is 9.09 Å². The largest absolute Gasteiger partial charge is 0.469 e. The summed E-state index contributed by atoms with van der Waals surface area (Å²) in [6.45, 7) is 3.37. The molecule has 0 aromatic heterocycles. The van der Waals surface area contributed by atoms with Crippen molar-refractivity contribution in [2.75, 3.05) is 32.9 Å². The lowest BCUT2D eigenvalue weighted by Crippen LogP contribution is -2.02. The summed E-state index contributed by atoms with van der Waals surface area (Å²) in [5, 5.41) is 15.5. The average Bonchev–Trinajstić information content (AvgIpc) is 2.70. The molecule has 0 aliphatic rings. The summed E-state index contributed by atoms with van der Waals surface area (Å²) >= 11 is 0. The Morgan fingerprint density at radius 1 is 0.655 bits per heavy atom. The van der Waals surface area contributed by atoms with Crippen molar-refractivity contribution in [3.8, 4) is 0 Å². The second kappa shape index (κ2) is 30.1. The zero-order valence-corrected chi connectivity index (χ0v) is 19.5. The number of unbranched alkanes of at least 4 members (excludes halogenated alkanes) is 13. The third-order valence-electron chi connectivity index (χ3n) is 4.02. The third-order valence-corrected chi connectivity index (χ3v) is 4.53. The third kappa shape index (κ3) is 47.3. The number of phosphoric acid groups is 1. The van der Waals surface area contributed by atoms with Crippen molar-refractivity contribution >= 4 is 7.82 Å². The van der Waals surface area contributed by atoms with Crippen LogP contribution in [0.3, 0.4) is 0 Å². The molecule has 8 N–H and O–H groups in total. The van der Waals surface area contributed by atoms with Crippen LogP contribution in [-0.4, -0.2) is 52.9 Å². The molecule has 29 heavy (non-hydrogen) atoms. The van der Waals surface area contributed by atoms with Crippen molar-refractivity contribution in [2.24, 2.45) is 11.5 Å². The van der Waals surface area contributed by atoms with E-state index in [-0.39, 0.29) is 19.8 Å². The lowest BCUT2D eigenvalue weighted by Gasteiger charge is -2.05. The van der Waals surface area contributed by atoms with E-state index in [1.54, 1.807) is 0 Å². The van der Waals surface area contributed by atoms with E-state index >= 15 is 0 Å². The highest BCUT2D eigenvalue weighted by Gasteiger charge is 2.12. The molecule has 0 aromatic rings. The van der Waals surface area contributed by atoms with Gasteiger partial charge < -0.3 is 31.5 Å². The Labute approximate surface area is 178 Å². The molecule has 0 heterocycles. The van der Waals surface area contributed by atoms with E-state index in [0.717, 1.165) is 19.3 Å². The van der Waals surface area contributed by atoms with E-state index in [0.29, 0.717) is 13.1 Å². The maximum atomic E-state index is 10.4. The molecule has 0 spiro atoms. The summed E-state index contributed by atoms with van der Waals surface area (Å²) in [6.07, 6.45) is 17.8. The monoisotopic (exact) mass is 444 g/mol. The van der Waals surface area contributed by atoms with Gasteiger partial charge in [0, 0.05) is 13.1 Å². The van der Waals surface area contributed by atoms with Gasteiger partial charge in [0.25, 0.3) is 0 Å². The minimum Gasteiger partial charge on any atom is -0.395 e. The van der Waals surface area contributed by atoms with Crippen molar-refractivity contribution in [2.45, 2.75) is 96.8 Å². The number of hydrogen-bond acceptors (Lipinski definition) is 6. The maximum Gasteiger partial charge on any atom is 0.469 e. The minimum absolute atomic E-state index is 0.0972. The Kier molecular flexibility index (Phi) is 34.9. The molecule has 0 atom stereocenters. The van der Waals surface area contributed by atoms with Gasteiger partial charge in [-0.2, -0.15) is 0 Å². The lowest BCUT2D eigenvalue weighted by molar-refractivity contribution is 0.193. The first kappa shape index (κ1) is 33.6.